The van der Waals surface area contributed by atoms with Crippen molar-refractivity contribution in [1.29, 1.82) is 0 Å². The predicted octanol–water partition coefficient (Wildman–Crippen LogP) is 5.06. The molecule has 0 aromatic rings. The second-order valence-electron chi connectivity index (χ2n) is 6.47. The number of hydrogen-bond donors (Lipinski definition) is 0. The van der Waals surface area contributed by atoms with Crippen molar-refractivity contribution in [3.05, 3.63) is 47.6 Å². The van der Waals surface area contributed by atoms with Crippen molar-refractivity contribution >= 4 is 0 Å². The third-order valence-corrected chi connectivity index (χ3v) is 2.82. The highest BCUT2D eigenvalue weighted by molar-refractivity contribution is 5.41. The zero-order chi connectivity index (χ0) is 12.4. The summed E-state index contributed by atoms with van der Waals surface area (Å²) in [7, 11) is 0. The van der Waals surface area contributed by atoms with Crippen molar-refractivity contribution in [3.63, 3.8) is 0 Å². The molecule has 0 heteroatoms. The molecule has 1 aliphatic carbocycles. The Kier molecular flexibility index (Phi) is 3.62. The van der Waals surface area contributed by atoms with Crippen LogP contribution in [0.2, 0.25) is 0 Å². The molecule has 16 heavy (non-hydrogen) atoms. The molecule has 0 unspecified atom stereocenters. The molecule has 1 aliphatic rings. The van der Waals surface area contributed by atoms with Gasteiger partial charge in [-0.1, -0.05) is 78.0 Å². The zero-order valence-corrected chi connectivity index (χ0v) is 11.5. The fourth-order valence-electron chi connectivity index (χ4n) is 1.58. The van der Waals surface area contributed by atoms with Crippen LogP contribution in [-0.2, 0) is 0 Å². The number of allylic oxidation sites excluding steroid dienone is 8. The number of rotatable bonds is 0. The summed E-state index contributed by atoms with van der Waals surface area (Å²) in [5.74, 6) is 0. The molecule has 0 radical (unpaired) electrons. The Morgan fingerprint density at radius 2 is 1.25 bits per heavy atom. The molecule has 0 saturated heterocycles. The van der Waals surface area contributed by atoms with E-state index >= 15 is 0 Å². The van der Waals surface area contributed by atoms with Gasteiger partial charge in [0.1, 0.15) is 0 Å². The Hall–Kier alpha value is -1.04. The second kappa shape index (κ2) is 4.45. The van der Waals surface area contributed by atoms with Gasteiger partial charge >= 0.3 is 0 Å². The van der Waals surface area contributed by atoms with E-state index in [1.54, 1.807) is 0 Å². The van der Waals surface area contributed by atoms with Gasteiger partial charge in [-0.2, -0.15) is 0 Å². The Bertz CT molecular complexity index is 345. The van der Waals surface area contributed by atoms with E-state index in [1.165, 1.54) is 11.1 Å². The van der Waals surface area contributed by atoms with Crippen LogP contribution in [0, 0.1) is 10.8 Å². The van der Waals surface area contributed by atoms with Crippen molar-refractivity contribution in [2.75, 3.05) is 0 Å². The average Bonchev–Trinajstić information content (AvgIpc) is 1.96. The van der Waals surface area contributed by atoms with Crippen LogP contribution in [0.1, 0.15) is 41.5 Å². The molecule has 1 rings (SSSR count). The Morgan fingerprint density at radius 1 is 0.688 bits per heavy atom. The molecular weight excluding hydrogens is 192 g/mol. The van der Waals surface area contributed by atoms with E-state index in [4.69, 9.17) is 0 Å². The first-order valence-electron chi connectivity index (χ1n) is 5.99. The molecule has 0 amide bonds. The van der Waals surface area contributed by atoms with Gasteiger partial charge in [-0.3, -0.25) is 0 Å². The van der Waals surface area contributed by atoms with Crippen molar-refractivity contribution in [2.24, 2.45) is 10.8 Å². The van der Waals surface area contributed by atoms with Gasteiger partial charge in [0, 0.05) is 0 Å². The van der Waals surface area contributed by atoms with Crippen LogP contribution in [0.3, 0.4) is 0 Å². The summed E-state index contributed by atoms with van der Waals surface area (Å²) in [5, 5.41) is 0. The smallest absolute Gasteiger partial charge is 0.0132 e. The first kappa shape index (κ1) is 13.0. The molecule has 0 nitrogen and oxygen atoms in total. The van der Waals surface area contributed by atoms with Crippen LogP contribution in [0.5, 0.6) is 0 Å². The lowest BCUT2D eigenvalue weighted by molar-refractivity contribution is 0.498. The zero-order valence-electron chi connectivity index (χ0n) is 11.5. The summed E-state index contributed by atoms with van der Waals surface area (Å²) in [6.07, 6.45) is 13.1. The SMILES string of the molecule is CC(C)(C)C1=C/C(C(C)(C)C)=C\C=C/C=C\1. The second-order valence-corrected chi connectivity index (χ2v) is 6.47. The van der Waals surface area contributed by atoms with E-state index in [-0.39, 0.29) is 10.8 Å². The van der Waals surface area contributed by atoms with E-state index in [2.05, 4.69) is 78.0 Å². The summed E-state index contributed by atoms with van der Waals surface area (Å²) in [4.78, 5) is 0. The van der Waals surface area contributed by atoms with Gasteiger partial charge in [0.25, 0.3) is 0 Å². The highest BCUT2D eigenvalue weighted by Gasteiger charge is 2.19. The van der Waals surface area contributed by atoms with E-state index in [0.717, 1.165) is 0 Å². The molecule has 0 fully saturated rings. The fraction of sp³-hybridized carbons (Fsp3) is 0.500. The molecule has 0 bridgehead atoms. The Morgan fingerprint density at radius 3 is 1.75 bits per heavy atom. The van der Waals surface area contributed by atoms with E-state index in [1.807, 2.05) is 0 Å². The van der Waals surface area contributed by atoms with Gasteiger partial charge in [-0.15, -0.1) is 0 Å². The van der Waals surface area contributed by atoms with Crippen molar-refractivity contribution in [3.8, 4) is 0 Å². The average molecular weight is 216 g/mol. The third kappa shape index (κ3) is 3.52. The molecule has 88 valence electrons. The summed E-state index contributed by atoms with van der Waals surface area (Å²) >= 11 is 0. The van der Waals surface area contributed by atoms with Gasteiger partial charge in [0.15, 0.2) is 0 Å². The van der Waals surface area contributed by atoms with E-state index in [0.29, 0.717) is 0 Å². The van der Waals surface area contributed by atoms with Crippen LogP contribution >= 0.6 is 0 Å². The minimum atomic E-state index is 0.200. The third-order valence-electron chi connectivity index (χ3n) is 2.82. The lowest BCUT2D eigenvalue weighted by atomic mass is 9.79. The van der Waals surface area contributed by atoms with Crippen LogP contribution in [0.4, 0.5) is 0 Å². The highest BCUT2D eigenvalue weighted by Crippen LogP contribution is 2.33. The molecule has 0 heterocycles. The largest absolute Gasteiger partial charge is 0.0622 e. The summed E-state index contributed by atoms with van der Waals surface area (Å²) in [6.45, 7) is 13.6. The molecule has 0 N–H and O–H groups in total. The maximum Gasteiger partial charge on any atom is -0.0132 e. The summed E-state index contributed by atoms with van der Waals surface area (Å²) < 4.78 is 0. The molecular formula is C16H24. The van der Waals surface area contributed by atoms with Crippen LogP contribution < -0.4 is 0 Å². The predicted molar refractivity (Wildman–Crippen MR) is 73.4 cm³/mol. The fourth-order valence-corrected chi connectivity index (χ4v) is 1.58. The number of hydrogen-bond acceptors (Lipinski definition) is 0. The topological polar surface area (TPSA) is 0 Å². The first-order valence-corrected chi connectivity index (χ1v) is 5.99. The molecule has 0 saturated carbocycles. The van der Waals surface area contributed by atoms with Crippen LogP contribution in [-0.4, -0.2) is 0 Å². The first-order chi connectivity index (χ1) is 7.21. The molecule has 0 aromatic heterocycles. The van der Waals surface area contributed by atoms with Crippen molar-refractivity contribution in [1.82, 2.24) is 0 Å². The lowest BCUT2D eigenvalue weighted by Gasteiger charge is -2.26. The summed E-state index contributed by atoms with van der Waals surface area (Å²) in [5.41, 5.74) is 3.17. The normalized spacial score (nSPS) is 28.1. The highest BCUT2D eigenvalue weighted by atomic mass is 14.2. The van der Waals surface area contributed by atoms with Gasteiger partial charge < -0.3 is 0 Å². The van der Waals surface area contributed by atoms with Gasteiger partial charge in [0.05, 0.1) is 0 Å². The minimum Gasteiger partial charge on any atom is -0.0622 e. The van der Waals surface area contributed by atoms with Crippen molar-refractivity contribution in [2.45, 2.75) is 41.5 Å². The molecule has 0 aliphatic heterocycles. The van der Waals surface area contributed by atoms with Crippen LogP contribution in [0.15, 0.2) is 47.6 Å². The van der Waals surface area contributed by atoms with Gasteiger partial charge in [-0.25, -0.2) is 0 Å². The van der Waals surface area contributed by atoms with Crippen molar-refractivity contribution < 1.29 is 0 Å². The Balaban J connectivity index is 3.19. The summed E-state index contributed by atoms with van der Waals surface area (Å²) in [6, 6.07) is 0. The maximum atomic E-state index is 2.33. The monoisotopic (exact) mass is 216 g/mol. The van der Waals surface area contributed by atoms with E-state index in [9.17, 15) is 0 Å². The van der Waals surface area contributed by atoms with E-state index < -0.39 is 0 Å². The van der Waals surface area contributed by atoms with Gasteiger partial charge in [-0.05, 0) is 22.0 Å². The lowest BCUT2D eigenvalue weighted by Crippen LogP contribution is -2.13. The minimum absolute atomic E-state index is 0.200. The van der Waals surface area contributed by atoms with Crippen LogP contribution in [0.25, 0.3) is 0 Å². The van der Waals surface area contributed by atoms with Gasteiger partial charge in [0.2, 0.25) is 0 Å². The molecule has 0 aromatic carbocycles. The molecule has 0 spiro atoms. The maximum absolute atomic E-state index is 2.33. The molecule has 0 atom stereocenters. The quantitative estimate of drug-likeness (QED) is 0.531. The standard InChI is InChI=1S/C16H24/c1-15(2,3)13-10-8-7-9-11-14(12-13)16(4,5)6/h7-12H,1-6H3/b8-7-,9-7?,10-8?,11-9-,13-10+,13-12?,14-11?,14-12+. The Labute approximate surface area is 100 Å².